The fourth-order valence-electron chi connectivity index (χ4n) is 1.89. The summed E-state index contributed by atoms with van der Waals surface area (Å²) in [5.74, 6) is 0.538. The van der Waals surface area contributed by atoms with Gasteiger partial charge in [0.15, 0.2) is 0 Å². The second-order valence-electron chi connectivity index (χ2n) is 4.00. The van der Waals surface area contributed by atoms with Crippen LogP contribution in [0.4, 0.5) is 5.82 Å². The summed E-state index contributed by atoms with van der Waals surface area (Å²) in [5.41, 5.74) is 8.86. The summed E-state index contributed by atoms with van der Waals surface area (Å²) in [7, 11) is 0. The third kappa shape index (κ3) is 1.95. The van der Waals surface area contributed by atoms with E-state index in [0.29, 0.717) is 5.82 Å². The lowest BCUT2D eigenvalue weighted by atomic mass is 10.1. The number of benzene rings is 1. The second kappa shape index (κ2) is 4.38. The molecule has 1 aromatic carbocycles. The molecule has 0 radical (unpaired) electrons. The van der Waals surface area contributed by atoms with Crippen LogP contribution in [0.5, 0.6) is 0 Å². The molecule has 0 fully saturated rings. The zero-order valence-corrected chi connectivity index (χ0v) is 11.1. The van der Waals surface area contributed by atoms with E-state index >= 15 is 0 Å². The predicted molar refractivity (Wildman–Crippen MR) is 77.1 cm³/mol. The Balaban J connectivity index is 2.22. The third-order valence-corrected chi connectivity index (χ3v) is 3.33. The predicted octanol–water partition coefficient (Wildman–Crippen LogP) is 3.64. The first kappa shape index (κ1) is 11.2. The molecule has 2 aromatic heterocycles. The van der Waals surface area contributed by atoms with Crippen LogP contribution in [0.1, 0.15) is 0 Å². The monoisotopic (exact) mass is 299 g/mol. The highest BCUT2D eigenvalue weighted by Gasteiger charge is 2.06. The van der Waals surface area contributed by atoms with Gasteiger partial charge in [-0.05, 0) is 29.8 Å². The summed E-state index contributed by atoms with van der Waals surface area (Å²) in [6, 6.07) is 11.9. The molecule has 3 aromatic rings. The Morgan fingerprint density at radius 3 is 2.61 bits per heavy atom. The van der Waals surface area contributed by atoms with Crippen molar-refractivity contribution in [3.63, 3.8) is 0 Å². The quantitative estimate of drug-likeness (QED) is 0.746. The van der Waals surface area contributed by atoms with E-state index < -0.39 is 0 Å². The zero-order chi connectivity index (χ0) is 12.5. The maximum absolute atomic E-state index is 6.01. The SMILES string of the molecule is Nc1nc2ccncc2cc1-c1ccc(Br)cc1. The summed E-state index contributed by atoms with van der Waals surface area (Å²) in [5, 5.41) is 0.990. The van der Waals surface area contributed by atoms with Gasteiger partial charge in [-0.1, -0.05) is 28.1 Å². The van der Waals surface area contributed by atoms with E-state index in [9.17, 15) is 0 Å². The van der Waals surface area contributed by atoms with Gasteiger partial charge in [-0.3, -0.25) is 4.98 Å². The highest BCUT2D eigenvalue weighted by Crippen LogP contribution is 2.28. The van der Waals surface area contributed by atoms with Gasteiger partial charge < -0.3 is 5.73 Å². The molecule has 2 heterocycles. The maximum Gasteiger partial charge on any atom is 0.132 e. The molecular formula is C14H10BrN3. The smallest absolute Gasteiger partial charge is 0.132 e. The standard InChI is InChI=1S/C14H10BrN3/c15-11-3-1-9(2-4-11)12-7-10-8-17-6-5-13(10)18-14(12)16/h1-8H,(H2,16,18). The van der Waals surface area contributed by atoms with Crippen LogP contribution in [0, 0.1) is 0 Å². The molecule has 0 aliphatic heterocycles. The fourth-order valence-corrected chi connectivity index (χ4v) is 2.16. The van der Waals surface area contributed by atoms with Crippen LogP contribution >= 0.6 is 15.9 Å². The molecule has 4 heteroatoms. The molecule has 0 amide bonds. The molecule has 3 rings (SSSR count). The number of hydrogen-bond donors (Lipinski definition) is 1. The first-order valence-electron chi connectivity index (χ1n) is 5.50. The first-order chi connectivity index (χ1) is 8.74. The Labute approximate surface area is 113 Å². The van der Waals surface area contributed by atoms with Crippen molar-refractivity contribution in [3.8, 4) is 11.1 Å². The molecule has 0 atom stereocenters. The topological polar surface area (TPSA) is 51.8 Å². The molecule has 0 spiro atoms. The minimum Gasteiger partial charge on any atom is -0.383 e. The number of halogens is 1. The third-order valence-electron chi connectivity index (χ3n) is 2.80. The Morgan fingerprint density at radius 1 is 1.06 bits per heavy atom. The van der Waals surface area contributed by atoms with Crippen molar-refractivity contribution in [2.45, 2.75) is 0 Å². The van der Waals surface area contributed by atoms with Crippen LogP contribution in [0.15, 0.2) is 53.3 Å². The largest absolute Gasteiger partial charge is 0.383 e. The van der Waals surface area contributed by atoms with Gasteiger partial charge in [0.25, 0.3) is 0 Å². The molecule has 2 N–H and O–H groups in total. The highest BCUT2D eigenvalue weighted by atomic mass is 79.9. The molecule has 88 valence electrons. The van der Waals surface area contributed by atoms with Gasteiger partial charge in [-0.25, -0.2) is 4.98 Å². The summed E-state index contributed by atoms with van der Waals surface area (Å²) in [4.78, 5) is 8.50. The van der Waals surface area contributed by atoms with Gasteiger partial charge in [-0.15, -0.1) is 0 Å². The van der Waals surface area contributed by atoms with Gasteiger partial charge in [0.2, 0.25) is 0 Å². The molecule has 18 heavy (non-hydrogen) atoms. The average molecular weight is 300 g/mol. The fraction of sp³-hybridized carbons (Fsp3) is 0. The van der Waals surface area contributed by atoms with Crippen LogP contribution in [0.3, 0.4) is 0 Å². The molecule has 0 bridgehead atoms. The number of fused-ring (bicyclic) bond motifs is 1. The molecule has 0 aliphatic rings. The van der Waals surface area contributed by atoms with Gasteiger partial charge >= 0.3 is 0 Å². The summed E-state index contributed by atoms with van der Waals surface area (Å²) in [6.45, 7) is 0. The number of rotatable bonds is 1. The molecule has 0 saturated heterocycles. The number of anilines is 1. The van der Waals surface area contributed by atoms with Crippen molar-refractivity contribution in [1.82, 2.24) is 9.97 Å². The van der Waals surface area contributed by atoms with Gasteiger partial charge in [0.05, 0.1) is 5.52 Å². The lowest BCUT2D eigenvalue weighted by Gasteiger charge is -2.07. The van der Waals surface area contributed by atoms with Crippen LogP contribution < -0.4 is 5.73 Å². The Morgan fingerprint density at radius 2 is 1.83 bits per heavy atom. The number of hydrogen-bond acceptors (Lipinski definition) is 3. The van der Waals surface area contributed by atoms with E-state index in [4.69, 9.17) is 5.73 Å². The van der Waals surface area contributed by atoms with Crippen LogP contribution in [-0.2, 0) is 0 Å². The average Bonchev–Trinajstić information content (AvgIpc) is 2.39. The lowest BCUT2D eigenvalue weighted by molar-refractivity contribution is 1.33. The molecule has 0 unspecified atom stereocenters. The van der Waals surface area contributed by atoms with Crippen molar-refractivity contribution in [3.05, 3.63) is 53.3 Å². The maximum atomic E-state index is 6.01. The second-order valence-corrected chi connectivity index (χ2v) is 4.91. The normalized spacial score (nSPS) is 10.7. The molecule has 0 saturated carbocycles. The number of nitrogens with two attached hydrogens (primary N) is 1. The van der Waals surface area contributed by atoms with E-state index in [2.05, 4.69) is 25.9 Å². The first-order valence-corrected chi connectivity index (χ1v) is 6.29. The van der Waals surface area contributed by atoms with Gasteiger partial charge in [0, 0.05) is 27.8 Å². The van der Waals surface area contributed by atoms with Crippen molar-refractivity contribution in [2.24, 2.45) is 0 Å². The van der Waals surface area contributed by atoms with E-state index in [-0.39, 0.29) is 0 Å². The van der Waals surface area contributed by atoms with E-state index in [1.54, 1.807) is 12.4 Å². The van der Waals surface area contributed by atoms with Crippen molar-refractivity contribution >= 4 is 32.7 Å². The van der Waals surface area contributed by atoms with Gasteiger partial charge in [-0.2, -0.15) is 0 Å². The van der Waals surface area contributed by atoms with Crippen LogP contribution in [0.2, 0.25) is 0 Å². The number of nitrogen functional groups attached to an aromatic ring is 1. The van der Waals surface area contributed by atoms with Crippen LogP contribution in [-0.4, -0.2) is 9.97 Å². The number of aromatic nitrogens is 2. The van der Waals surface area contributed by atoms with Crippen molar-refractivity contribution in [2.75, 3.05) is 5.73 Å². The van der Waals surface area contributed by atoms with E-state index in [1.807, 2.05) is 36.4 Å². The summed E-state index contributed by atoms with van der Waals surface area (Å²) in [6.07, 6.45) is 3.51. The molecule has 0 aliphatic carbocycles. The van der Waals surface area contributed by atoms with Gasteiger partial charge in [0.1, 0.15) is 5.82 Å². The summed E-state index contributed by atoms with van der Waals surface area (Å²) >= 11 is 3.42. The highest BCUT2D eigenvalue weighted by molar-refractivity contribution is 9.10. The Hall–Kier alpha value is -1.94. The Kier molecular flexibility index (Phi) is 2.72. The number of nitrogens with zero attached hydrogens (tertiary/aromatic N) is 2. The van der Waals surface area contributed by atoms with Crippen molar-refractivity contribution in [1.29, 1.82) is 0 Å². The Bertz CT molecular complexity index is 708. The summed E-state index contributed by atoms with van der Waals surface area (Å²) < 4.78 is 1.04. The molecule has 3 nitrogen and oxygen atoms in total. The minimum atomic E-state index is 0.538. The number of pyridine rings is 2. The van der Waals surface area contributed by atoms with Crippen molar-refractivity contribution < 1.29 is 0 Å². The lowest BCUT2D eigenvalue weighted by Crippen LogP contribution is -1.95. The zero-order valence-electron chi connectivity index (χ0n) is 9.47. The minimum absolute atomic E-state index is 0.538. The van der Waals surface area contributed by atoms with Crippen LogP contribution in [0.25, 0.3) is 22.0 Å². The van der Waals surface area contributed by atoms with E-state index in [1.165, 1.54) is 0 Å². The van der Waals surface area contributed by atoms with E-state index in [0.717, 1.165) is 26.5 Å². The molecular weight excluding hydrogens is 290 g/mol.